The summed E-state index contributed by atoms with van der Waals surface area (Å²) < 4.78 is 0. The average molecular weight is 328 g/mol. The molecule has 0 nitrogen and oxygen atoms in total. The van der Waals surface area contributed by atoms with E-state index in [9.17, 15) is 0 Å². The molecule has 0 N–H and O–H groups in total. The normalized spacial score (nSPS) is 14.5. The van der Waals surface area contributed by atoms with E-state index in [0.29, 0.717) is 0 Å². The number of hydrogen-bond acceptors (Lipinski definition) is 1. The summed E-state index contributed by atoms with van der Waals surface area (Å²) in [5.74, 6) is 0. The molecule has 2 aromatic carbocycles. The van der Waals surface area contributed by atoms with Crippen molar-refractivity contribution >= 4 is 22.7 Å². The Bertz CT molecular complexity index is 627. The molecule has 0 aliphatic carbocycles. The quantitative estimate of drug-likeness (QED) is 0.552. The van der Waals surface area contributed by atoms with Gasteiger partial charge in [-0.25, -0.2) is 0 Å². The lowest BCUT2D eigenvalue weighted by atomic mass is 10.2. The van der Waals surface area contributed by atoms with Gasteiger partial charge in [0.15, 0.2) is 9.79 Å². The van der Waals surface area contributed by atoms with Gasteiger partial charge in [0.05, 0.1) is 20.7 Å². The summed E-state index contributed by atoms with van der Waals surface area (Å²) in [6.45, 7) is 4.54. The molecular formula is C20H23S2+. The van der Waals surface area contributed by atoms with Gasteiger partial charge in [-0.2, -0.15) is 0 Å². The second-order valence-electron chi connectivity index (χ2n) is 5.48. The van der Waals surface area contributed by atoms with Gasteiger partial charge >= 0.3 is 0 Å². The van der Waals surface area contributed by atoms with Crippen LogP contribution in [0.1, 0.15) is 39.5 Å². The molecule has 0 fully saturated rings. The SMILES string of the molecule is CC/C=C(/CCCC)[S+]1c2ccccc2Sc2ccccc21. The van der Waals surface area contributed by atoms with Crippen molar-refractivity contribution in [2.45, 2.75) is 59.1 Å². The molecule has 22 heavy (non-hydrogen) atoms. The lowest BCUT2D eigenvalue weighted by molar-refractivity contribution is 0.804. The first-order valence-electron chi connectivity index (χ1n) is 8.14. The molecule has 0 aromatic heterocycles. The van der Waals surface area contributed by atoms with E-state index in [0.717, 1.165) is 6.42 Å². The Morgan fingerprint density at radius 3 is 2.09 bits per heavy atom. The minimum atomic E-state index is 0.107. The van der Waals surface area contributed by atoms with Crippen LogP contribution >= 0.6 is 11.8 Å². The van der Waals surface area contributed by atoms with E-state index in [2.05, 4.69) is 68.5 Å². The maximum Gasteiger partial charge on any atom is 0.180 e. The molecule has 0 atom stereocenters. The van der Waals surface area contributed by atoms with Crippen LogP contribution < -0.4 is 0 Å². The Morgan fingerprint density at radius 2 is 1.55 bits per heavy atom. The topological polar surface area (TPSA) is 0 Å². The molecule has 3 rings (SSSR count). The van der Waals surface area contributed by atoms with Crippen LogP contribution in [-0.4, -0.2) is 0 Å². The van der Waals surface area contributed by atoms with Crippen molar-refractivity contribution < 1.29 is 0 Å². The molecule has 114 valence electrons. The molecule has 2 aromatic rings. The Labute approximate surface area is 141 Å². The molecule has 1 heterocycles. The first-order valence-corrected chi connectivity index (χ1v) is 10.2. The van der Waals surface area contributed by atoms with Crippen molar-refractivity contribution in [2.75, 3.05) is 0 Å². The minimum absolute atomic E-state index is 0.107. The van der Waals surface area contributed by atoms with Crippen molar-refractivity contribution in [2.24, 2.45) is 0 Å². The standard InChI is InChI=1S/C20H23S2/c1-3-5-11-16(10-4-2)22-19-14-8-6-12-17(19)21-18-13-7-9-15-20(18)22/h6-10,12-15H,3-5,11H2,1-2H3/q+1/b16-10-. The first kappa shape index (κ1) is 15.8. The van der Waals surface area contributed by atoms with Crippen LogP contribution in [-0.2, 0) is 10.9 Å². The zero-order chi connectivity index (χ0) is 15.4. The predicted molar refractivity (Wildman–Crippen MR) is 98.8 cm³/mol. The highest BCUT2D eigenvalue weighted by Gasteiger charge is 2.38. The second kappa shape index (κ2) is 7.43. The van der Waals surface area contributed by atoms with E-state index < -0.39 is 0 Å². The predicted octanol–water partition coefficient (Wildman–Crippen LogP) is 6.67. The van der Waals surface area contributed by atoms with Gasteiger partial charge in [0.1, 0.15) is 4.91 Å². The van der Waals surface area contributed by atoms with E-state index in [1.807, 2.05) is 11.8 Å². The number of hydrogen-bond donors (Lipinski definition) is 0. The van der Waals surface area contributed by atoms with Crippen LogP contribution in [0.5, 0.6) is 0 Å². The van der Waals surface area contributed by atoms with E-state index in [1.165, 1.54) is 38.8 Å². The molecular weight excluding hydrogens is 304 g/mol. The molecule has 1 aliphatic heterocycles. The van der Waals surface area contributed by atoms with Crippen LogP contribution in [0.15, 0.2) is 79.1 Å². The zero-order valence-electron chi connectivity index (χ0n) is 13.3. The summed E-state index contributed by atoms with van der Waals surface area (Å²) in [6.07, 6.45) is 7.37. The van der Waals surface area contributed by atoms with Crippen molar-refractivity contribution in [3.63, 3.8) is 0 Å². The fourth-order valence-corrected chi connectivity index (χ4v) is 6.86. The summed E-state index contributed by atoms with van der Waals surface area (Å²) >= 11 is 1.93. The molecule has 0 amide bonds. The second-order valence-corrected chi connectivity index (χ2v) is 8.58. The summed E-state index contributed by atoms with van der Waals surface area (Å²) in [5.41, 5.74) is 0. The van der Waals surface area contributed by atoms with Crippen molar-refractivity contribution in [3.8, 4) is 0 Å². The van der Waals surface area contributed by atoms with Gasteiger partial charge in [-0.1, -0.05) is 56.3 Å². The Balaban J connectivity index is 2.10. The third-order valence-corrected chi connectivity index (χ3v) is 7.73. The largest absolute Gasteiger partial charge is 0.180 e. The lowest BCUT2D eigenvalue weighted by Crippen LogP contribution is -2.13. The third kappa shape index (κ3) is 3.13. The summed E-state index contributed by atoms with van der Waals surface area (Å²) in [5, 5.41) is 0. The van der Waals surface area contributed by atoms with Gasteiger partial charge in [0, 0.05) is 6.42 Å². The van der Waals surface area contributed by atoms with Crippen LogP contribution in [0.4, 0.5) is 0 Å². The molecule has 0 saturated heterocycles. The zero-order valence-corrected chi connectivity index (χ0v) is 15.0. The first-order chi connectivity index (χ1) is 10.8. The summed E-state index contributed by atoms with van der Waals surface area (Å²) in [7, 11) is 0.107. The Morgan fingerprint density at radius 1 is 0.955 bits per heavy atom. The summed E-state index contributed by atoms with van der Waals surface area (Å²) in [4.78, 5) is 7.53. The molecule has 0 spiro atoms. The van der Waals surface area contributed by atoms with Crippen LogP contribution in [0.2, 0.25) is 0 Å². The molecule has 2 heteroatoms. The van der Waals surface area contributed by atoms with Crippen molar-refractivity contribution in [3.05, 3.63) is 59.5 Å². The maximum absolute atomic E-state index is 2.47. The van der Waals surface area contributed by atoms with Gasteiger partial charge in [-0.15, -0.1) is 0 Å². The fourth-order valence-electron chi connectivity index (χ4n) is 2.79. The van der Waals surface area contributed by atoms with Crippen molar-refractivity contribution in [1.29, 1.82) is 0 Å². The van der Waals surface area contributed by atoms with Crippen molar-refractivity contribution in [1.82, 2.24) is 0 Å². The van der Waals surface area contributed by atoms with Crippen LogP contribution in [0, 0.1) is 0 Å². The smallest absolute Gasteiger partial charge is 0.0795 e. The summed E-state index contributed by atoms with van der Waals surface area (Å²) in [6, 6.07) is 17.9. The Hall–Kier alpha value is -1.12. The molecule has 0 radical (unpaired) electrons. The third-order valence-electron chi connectivity index (χ3n) is 3.83. The lowest BCUT2D eigenvalue weighted by Gasteiger charge is -2.20. The van der Waals surface area contributed by atoms with Gasteiger partial charge < -0.3 is 0 Å². The van der Waals surface area contributed by atoms with Gasteiger partial charge in [0.25, 0.3) is 0 Å². The van der Waals surface area contributed by atoms with Crippen LogP contribution in [0.3, 0.4) is 0 Å². The van der Waals surface area contributed by atoms with E-state index in [1.54, 1.807) is 4.91 Å². The van der Waals surface area contributed by atoms with Gasteiger partial charge in [-0.3, -0.25) is 0 Å². The van der Waals surface area contributed by atoms with E-state index >= 15 is 0 Å². The number of allylic oxidation sites excluding steroid dienone is 2. The van der Waals surface area contributed by atoms with Gasteiger partial charge in [-0.05, 0) is 43.2 Å². The highest BCUT2D eigenvalue weighted by atomic mass is 32.2. The van der Waals surface area contributed by atoms with Gasteiger partial charge in [0.2, 0.25) is 0 Å². The minimum Gasteiger partial charge on any atom is -0.0795 e. The van der Waals surface area contributed by atoms with Crippen LogP contribution in [0.25, 0.3) is 0 Å². The number of benzene rings is 2. The Kier molecular flexibility index (Phi) is 5.32. The highest BCUT2D eigenvalue weighted by Crippen LogP contribution is 2.48. The van der Waals surface area contributed by atoms with E-state index in [-0.39, 0.29) is 10.9 Å². The maximum atomic E-state index is 2.47. The number of fused-ring (bicyclic) bond motifs is 2. The molecule has 0 unspecified atom stereocenters. The number of rotatable bonds is 5. The number of unbranched alkanes of at least 4 members (excludes halogenated alkanes) is 1. The van der Waals surface area contributed by atoms with E-state index in [4.69, 9.17) is 0 Å². The fraction of sp³-hybridized carbons (Fsp3) is 0.300. The molecule has 0 saturated carbocycles. The highest BCUT2D eigenvalue weighted by molar-refractivity contribution is 8.05. The molecule has 0 bridgehead atoms. The monoisotopic (exact) mass is 327 g/mol. The molecule has 1 aliphatic rings. The average Bonchev–Trinajstić information content (AvgIpc) is 2.56.